The molecule has 2 heteroatoms. The minimum absolute atomic E-state index is 0.0248. The maximum absolute atomic E-state index is 6.19. The zero-order valence-corrected chi connectivity index (χ0v) is 23.5. The average molecular weight is 479 g/mol. The Hall–Kier alpha value is -0.600. The van der Waals surface area contributed by atoms with Gasteiger partial charge in [-0.3, -0.25) is 0 Å². The molecule has 202 valence electrons. The Kier molecular flexibility index (Phi) is 29.9. The summed E-state index contributed by atoms with van der Waals surface area (Å²) in [6, 6.07) is 0. The molecule has 0 aromatic carbocycles. The van der Waals surface area contributed by atoms with Crippen molar-refractivity contribution in [1.82, 2.24) is 0 Å². The molecule has 0 bridgehead atoms. The van der Waals surface area contributed by atoms with Crippen LogP contribution in [-0.4, -0.2) is 19.5 Å². The van der Waals surface area contributed by atoms with E-state index in [2.05, 4.69) is 32.6 Å². The van der Waals surface area contributed by atoms with Crippen molar-refractivity contribution in [3.8, 4) is 0 Å². The van der Waals surface area contributed by atoms with Gasteiger partial charge in [0.25, 0.3) is 0 Å². The van der Waals surface area contributed by atoms with Crippen LogP contribution in [0.4, 0.5) is 0 Å². The van der Waals surface area contributed by atoms with Crippen molar-refractivity contribution in [3.63, 3.8) is 0 Å². The molecular weight excluding hydrogens is 416 g/mol. The van der Waals surface area contributed by atoms with Gasteiger partial charge >= 0.3 is 0 Å². The SMILES string of the molecule is C=C/C=C\CCCCCCCCCC(OCCCCCCCCC)OCCCCCCCCC. The van der Waals surface area contributed by atoms with Crippen molar-refractivity contribution in [3.05, 3.63) is 24.8 Å². The maximum Gasteiger partial charge on any atom is 0.157 e. The van der Waals surface area contributed by atoms with Crippen molar-refractivity contribution in [2.24, 2.45) is 0 Å². The van der Waals surface area contributed by atoms with E-state index in [0.29, 0.717) is 0 Å². The Morgan fingerprint density at radius 1 is 0.529 bits per heavy atom. The summed E-state index contributed by atoms with van der Waals surface area (Å²) >= 11 is 0. The summed E-state index contributed by atoms with van der Waals surface area (Å²) in [6.45, 7) is 10.0. The largest absolute Gasteiger partial charge is 0.353 e. The molecule has 0 aliphatic heterocycles. The third-order valence-electron chi connectivity index (χ3n) is 6.69. The van der Waals surface area contributed by atoms with Gasteiger partial charge in [0.05, 0.1) is 0 Å². The molecule has 0 heterocycles. The van der Waals surface area contributed by atoms with E-state index in [-0.39, 0.29) is 6.29 Å². The van der Waals surface area contributed by atoms with Crippen LogP contribution in [0.2, 0.25) is 0 Å². The summed E-state index contributed by atoms with van der Waals surface area (Å²) in [5, 5.41) is 0. The Bertz CT molecular complexity index is 384. The minimum atomic E-state index is 0.0248. The number of ether oxygens (including phenoxy) is 2. The summed E-state index contributed by atoms with van der Waals surface area (Å²) in [7, 11) is 0. The van der Waals surface area contributed by atoms with Crippen LogP contribution >= 0.6 is 0 Å². The molecule has 0 unspecified atom stereocenters. The van der Waals surface area contributed by atoms with Crippen LogP contribution in [0.15, 0.2) is 24.8 Å². The van der Waals surface area contributed by atoms with Gasteiger partial charge in [0.2, 0.25) is 0 Å². The lowest BCUT2D eigenvalue weighted by atomic mass is 10.1. The second kappa shape index (κ2) is 30.4. The monoisotopic (exact) mass is 478 g/mol. The Balaban J connectivity index is 3.86. The molecule has 0 spiro atoms. The van der Waals surface area contributed by atoms with Gasteiger partial charge in [-0.25, -0.2) is 0 Å². The molecule has 0 saturated carbocycles. The highest BCUT2D eigenvalue weighted by molar-refractivity contribution is 4.96. The van der Waals surface area contributed by atoms with Gasteiger partial charge in [-0.1, -0.05) is 148 Å². The first kappa shape index (κ1) is 33.4. The van der Waals surface area contributed by atoms with Crippen LogP contribution in [0, 0.1) is 0 Å². The second-order valence-electron chi connectivity index (χ2n) is 10.1. The van der Waals surface area contributed by atoms with Crippen LogP contribution < -0.4 is 0 Å². The Morgan fingerprint density at radius 3 is 1.41 bits per heavy atom. The fourth-order valence-electron chi connectivity index (χ4n) is 4.41. The van der Waals surface area contributed by atoms with Gasteiger partial charge in [-0.2, -0.15) is 0 Å². The third kappa shape index (κ3) is 27.6. The van der Waals surface area contributed by atoms with Crippen LogP contribution in [0.1, 0.15) is 162 Å². The number of rotatable bonds is 29. The third-order valence-corrected chi connectivity index (χ3v) is 6.69. The van der Waals surface area contributed by atoms with Gasteiger partial charge in [-0.05, 0) is 38.5 Å². The van der Waals surface area contributed by atoms with Crippen molar-refractivity contribution in [2.75, 3.05) is 13.2 Å². The van der Waals surface area contributed by atoms with E-state index >= 15 is 0 Å². The van der Waals surface area contributed by atoms with Gasteiger partial charge in [-0.15, -0.1) is 0 Å². The molecule has 0 aliphatic rings. The predicted molar refractivity (Wildman–Crippen MR) is 153 cm³/mol. The number of hydrogen-bond acceptors (Lipinski definition) is 2. The van der Waals surface area contributed by atoms with E-state index in [0.717, 1.165) is 19.6 Å². The van der Waals surface area contributed by atoms with Crippen molar-refractivity contribution >= 4 is 0 Å². The topological polar surface area (TPSA) is 18.5 Å². The number of allylic oxidation sites excluding steroid dienone is 3. The molecule has 2 nitrogen and oxygen atoms in total. The summed E-state index contributed by atoms with van der Waals surface area (Å²) in [5.41, 5.74) is 0. The Morgan fingerprint density at radius 2 is 0.941 bits per heavy atom. The molecule has 0 aromatic heterocycles. The normalized spacial score (nSPS) is 11.7. The highest BCUT2D eigenvalue weighted by atomic mass is 16.7. The van der Waals surface area contributed by atoms with Crippen LogP contribution in [0.5, 0.6) is 0 Å². The molecule has 0 rings (SSSR count). The number of hydrogen-bond donors (Lipinski definition) is 0. The zero-order valence-electron chi connectivity index (χ0n) is 23.5. The molecule has 0 atom stereocenters. The summed E-state index contributed by atoms with van der Waals surface area (Å²) in [5.74, 6) is 0. The van der Waals surface area contributed by atoms with E-state index < -0.39 is 0 Å². The molecular formula is C32H62O2. The van der Waals surface area contributed by atoms with E-state index in [4.69, 9.17) is 9.47 Å². The van der Waals surface area contributed by atoms with Gasteiger partial charge in [0.15, 0.2) is 6.29 Å². The molecule has 0 saturated heterocycles. The Labute approximate surface area is 215 Å². The lowest BCUT2D eigenvalue weighted by molar-refractivity contribution is -0.148. The highest BCUT2D eigenvalue weighted by Gasteiger charge is 2.09. The summed E-state index contributed by atoms with van der Waals surface area (Å²) in [6.07, 6.45) is 36.4. The molecule has 0 N–H and O–H groups in total. The van der Waals surface area contributed by atoms with Crippen LogP contribution in [-0.2, 0) is 9.47 Å². The first-order valence-electron chi connectivity index (χ1n) is 15.4. The van der Waals surface area contributed by atoms with Crippen molar-refractivity contribution in [1.29, 1.82) is 0 Å². The second-order valence-corrected chi connectivity index (χ2v) is 10.1. The highest BCUT2D eigenvalue weighted by Crippen LogP contribution is 2.15. The predicted octanol–water partition coefficient (Wildman–Crippen LogP) is 11.1. The van der Waals surface area contributed by atoms with Gasteiger partial charge in [0.1, 0.15) is 0 Å². The first-order valence-corrected chi connectivity index (χ1v) is 15.4. The van der Waals surface area contributed by atoms with Crippen LogP contribution in [0.3, 0.4) is 0 Å². The van der Waals surface area contributed by atoms with E-state index in [1.807, 2.05) is 6.08 Å². The van der Waals surface area contributed by atoms with Gasteiger partial charge < -0.3 is 9.47 Å². The smallest absolute Gasteiger partial charge is 0.157 e. The first-order chi connectivity index (χ1) is 16.8. The molecule has 0 radical (unpaired) electrons. The molecule has 0 aromatic rings. The van der Waals surface area contributed by atoms with Gasteiger partial charge in [0, 0.05) is 13.2 Å². The maximum atomic E-state index is 6.19. The number of unbranched alkanes of at least 4 members (excludes halogenated alkanes) is 19. The quantitative estimate of drug-likeness (QED) is 0.0604. The van der Waals surface area contributed by atoms with Crippen molar-refractivity contribution < 1.29 is 9.47 Å². The lowest BCUT2D eigenvalue weighted by Gasteiger charge is -2.19. The van der Waals surface area contributed by atoms with Crippen molar-refractivity contribution in [2.45, 2.75) is 168 Å². The van der Waals surface area contributed by atoms with E-state index in [1.165, 1.54) is 141 Å². The fraction of sp³-hybridized carbons (Fsp3) is 0.875. The van der Waals surface area contributed by atoms with E-state index in [1.54, 1.807) is 0 Å². The zero-order chi connectivity index (χ0) is 24.8. The fourth-order valence-corrected chi connectivity index (χ4v) is 4.41. The molecule has 0 aliphatic carbocycles. The molecule has 34 heavy (non-hydrogen) atoms. The summed E-state index contributed by atoms with van der Waals surface area (Å²) < 4.78 is 12.4. The minimum Gasteiger partial charge on any atom is -0.353 e. The summed E-state index contributed by atoms with van der Waals surface area (Å²) in [4.78, 5) is 0. The molecule has 0 amide bonds. The average Bonchev–Trinajstić information content (AvgIpc) is 2.85. The molecule has 0 fully saturated rings. The van der Waals surface area contributed by atoms with E-state index in [9.17, 15) is 0 Å². The van der Waals surface area contributed by atoms with Crippen LogP contribution in [0.25, 0.3) is 0 Å². The lowest BCUT2D eigenvalue weighted by Crippen LogP contribution is -2.19. The standard InChI is InChI=1S/C32H62O2/c1-4-7-10-13-16-17-18-19-20-23-26-29-32(33-30-27-24-21-14-11-8-5-2)34-31-28-25-22-15-12-9-6-3/h4,7,10,32H,1,5-6,8-9,11-31H2,2-3H3/b10-7-.